The lowest BCUT2D eigenvalue weighted by atomic mass is 10.1. The van der Waals surface area contributed by atoms with Gasteiger partial charge in [-0.05, 0) is 47.9 Å². The Morgan fingerprint density at radius 2 is 1.58 bits per heavy atom. The second kappa shape index (κ2) is 8.93. The Bertz CT molecular complexity index is 878. The Kier molecular flexibility index (Phi) is 6.37. The Morgan fingerprint density at radius 1 is 0.923 bits per heavy atom. The van der Waals surface area contributed by atoms with Gasteiger partial charge in [-0.1, -0.05) is 60.1 Å². The van der Waals surface area contributed by atoms with E-state index < -0.39 is 0 Å². The fourth-order valence-electron chi connectivity index (χ4n) is 2.54. The molecule has 0 aliphatic heterocycles. The number of thioether (sulfide) groups is 1. The summed E-state index contributed by atoms with van der Waals surface area (Å²) in [6, 6.07) is 23.7. The summed E-state index contributed by atoms with van der Waals surface area (Å²) in [5, 5.41) is 3.53. The van der Waals surface area contributed by atoms with Crippen LogP contribution in [0.15, 0.2) is 72.8 Å². The van der Waals surface area contributed by atoms with E-state index in [-0.39, 0.29) is 5.91 Å². The van der Waals surface area contributed by atoms with Crippen LogP contribution in [0.4, 0.5) is 5.69 Å². The van der Waals surface area contributed by atoms with E-state index in [4.69, 9.17) is 11.6 Å². The average Bonchev–Trinajstić information content (AvgIpc) is 2.66. The molecular formula is C22H20ClNOS. The monoisotopic (exact) mass is 381 g/mol. The maximum absolute atomic E-state index is 12.4. The third-order valence-electron chi connectivity index (χ3n) is 4.04. The normalized spacial score (nSPS) is 10.5. The van der Waals surface area contributed by atoms with Gasteiger partial charge in [0.2, 0.25) is 0 Å². The Hall–Kier alpha value is -2.23. The largest absolute Gasteiger partial charge is 0.322 e. The predicted molar refractivity (Wildman–Crippen MR) is 112 cm³/mol. The molecule has 0 aliphatic rings. The van der Waals surface area contributed by atoms with Crippen LogP contribution in [0.25, 0.3) is 0 Å². The first-order chi connectivity index (χ1) is 12.6. The molecular weight excluding hydrogens is 362 g/mol. The van der Waals surface area contributed by atoms with E-state index >= 15 is 0 Å². The van der Waals surface area contributed by atoms with Gasteiger partial charge < -0.3 is 5.32 Å². The van der Waals surface area contributed by atoms with Crippen molar-refractivity contribution in [3.63, 3.8) is 0 Å². The van der Waals surface area contributed by atoms with Crippen LogP contribution in [0, 0.1) is 6.92 Å². The van der Waals surface area contributed by atoms with E-state index in [9.17, 15) is 4.79 Å². The van der Waals surface area contributed by atoms with Gasteiger partial charge in [0.1, 0.15) is 0 Å². The van der Waals surface area contributed by atoms with Gasteiger partial charge in [-0.3, -0.25) is 4.79 Å². The van der Waals surface area contributed by atoms with E-state index in [1.807, 2.05) is 61.2 Å². The van der Waals surface area contributed by atoms with Gasteiger partial charge in [0.25, 0.3) is 5.91 Å². The molecule has 132 valence electrons. The van der Waals surface area contributed by atoms with Gasteiger partial charge in [0.05, 0.1) is 0 Å². The van der Waals surface area contributed by atoms with Crippen molar-refractivity contribution in [1.82, 2.24) is 0 Å². The minimum absolute atomic E-state index is 0.126. The van der Waals surface area contributed by atoms with E-state index in [1.54, 1.807) is 6.07 Å². The number of carbonyl (C=O) groups is 1. The Labute approximate surface area is 163 Å². The van der Waals surface area contributed by atoms with Crippen LogP contribution in [0.2, 0.25) is 5.02 Å². The summed E-state index contributed by atoms with van der Waals surface area (Å²) in [6.45, 7) is 1.94. The minimum Gasteiger partial charge on any atom is -0.322 e. The van der Waals surface area contributed by atoms with Crippen LogP contribution >= 0.6 is 23.4 Å². The summed E-state index contributed by atoms with van der Waals surface area (Å²) in [5.41, 5.74) is 4.90. The molecule has 0 unspecified atom stereocenters. The molecule has 4 heteroatoms. The summed E-state index contributed by atoms with van der Waals surface area (Å²) in [4.78, 5) is 12.4. The fraction of sp³-hybridized carbons (Fsp3) is 0.136. The van der Waals surface area contributed by atoms with Crippen molar-refractivity contribution in [3.05, 3.63) is 100 Å². The molecule has 0 aliphatic carbocycles. The minimum atomic E-state index is -0.126. The molecule has 0 radical (unpaired) electrons. The van der Waals surface area contributed by atoms with Crippen molar-refractivity contribution in [3.8, 4) is 0 Å². The number of halogens is 1. The summed E-state index contributed by atoms with van der Waals surface area (Å²) in [5.74, 6) is 1.78. The lowest BCUT2D eigenvalue weighted by molar-refractivity contribution is 0.102. The fourth-order valence-corrected chi connectivity index (χ4v) is 3.67. The maximum atomic E-state index is 12.4. The van der Waals surface area contributed by atoms with Crippen molar-refractivity contribution < 1.29 is 4.79 Å². The SMILES string of the molecule is Cc1ccc(Cl)cc1NC(=O)c1ccc(CSCc2ccccc2)cc1. The van der Waals surface area contributed by atoms with Gasteiger partial charge in [0.15, 0.2) is 0 Å². The zero-order chi connectivity index (χ0) is 18.4. The van der Waals surface area contributed by atoms with Gasteiger partial charge in [-0.25, -0.2) is 0 Å². The first-order valence-electron chi connectivity index (χ1n) is 8.40. The first-order valence-corrected chi connectivity index (χ1v) is 9.93. The number of hydrogen-bond acceptors (Lipinski definition) is 2. The topological polar surface area (TPSA) is 29.1 Å². The second-order valence-electron chi connectivity index (χ2n) is 6.09. The molecule has 0 spiro atoms. The summed E-state index contributed by atoms with van der Waals surface area (Å²) in [7, 11) is 0. The summed E-state index contributed by atoms with van der Waals surface area (Å²) < 4.78 is 0. The number of nitrogens with one attached hydrogen (secondary N) is 1. The summed E-state index contributed by atoms with van der Waals surface area (Å²) >= 11 is 7.87. The van der Waals surface area contributed by atoms with Crippen molar-refractivity contribution >= 4 is 35.0 Å². The van der Waals surface area contributed by atoms with Gasteiger partial charge in [-0.2, -0.15) is 11.8 Å². The molecule has 0 heterocycles. The van der Waals surface area contributed by atoms with Crippen molar-refractivity contribution in [1.29, 1.82) is 0 Å². The van der Waals surface area contributed by atoms with Crippen LogP contribution in [-0.4, -0.2) is 5.91 Å². The zero-order valence-electron chi connectivity index (χ0n) is 14.5. The predicted octanol–water partition coefficient (Wildman–Crippen LogP) is 6.33. The van der Waals surface area contributed by atoms with Crippen LogP contribution in [0.1, 0.15) is 27.0 Å². The number of anilines is 1. The molecule has 0 bridgehead atoms. The highest BCUT2D eigenvalue weighted by molar-refractivity contribution is 7.97. The van der Waals surface area contributed by atoms with Crippen LogP contribution < -0.4 is 5.32 Å². The molecule has 2 nitrogen and oxygen atoms in total. The third kappa shape index (κ3) is 5.13. The molecule has 0 fully saturated rings. The standard InChI is InChI=1S/C22H20ClNOS/c1-16-7-12-20(23)13-21(16)24-22(25)19-10-8-18(9-11-19)15-26-14-17-5-3-2-4-6-17/h2-13H,14-15H2,1H3,(H,24,25). The van der Waals surface area contributed by atoms with E-state index in [1.165, 1.54) is 11.1 Å². The molecule has 0 saturated carbocycles. The number of amides is 1. The van der Waals surface area contributed by atoms with Crippen LogP contribution in [0.5, 0.6) is 0 Å². The molecule has 3 aromatic carbocycles. The van der Waals surface area contributed by atoms with Crippen molar-refractivity contribution in [2.24, 2.45) is 0 Å². The lowest BCUT2D eigenvalue weighted by Crippen LogP contribution is -2.12. The number of carbonyl (C=O) groups excluding carboxylic acids is 1. The molecule has 1 N–H and O–H groups in total. The molecule has 0 atom stereocenters. The molecule has 3 aromatic rings. The molecule has 3 rings (SSSR count). The van der Waals surface area contributed by atoms with Gasteiger partial charge >= 0.3 is 0 Å². The molecule has 0 saturated heterocycles. The van der Waals surface area contributed by atoms with Crippen LogP contribution in [0.3, 0.4) is 0 Å². The van der Waals surface area contributed by atoms with E-state index in [0.29, 0.717) is 10.6 Å². The number of hydrogen-bond donors (Lipinski definition) is 1. The van der Waals surface area contributed by atoms with E-state index in [0.717, 1.165) is 22.8 Å². The highest BCUT2D eigenvalue weighted by atomic mass is 35.5. The van der Waals surface area contributed by atoms with Gasteiger partial charge in [-0.15, -0.1) is 0 Å². The average molecular weight is 382 g/mol. The highest BCUT2D eigenvalue weighted by Gasteiger charge is 2.08. The van der Waals surface area contributed by atoms with Crippen molar-refractivity contribution in [2.75, 3.05) is 5.32 Å². The quantitative estimate of drug-likeness (QED) is 0.540. The Morgan fingerprint density at radius 3 is 2.27 bits per heavy atom. The zero-order valence-corrected chi connectivity index (χ0v) is 16.1. The number of benzene rings is 3. The maximum Gasteiger partial charge on any atom is 0.255 e. The van der Waals surface area contributed by atoms with Gasteiger partial charge in [0, 0.05) is 27.8 Å². The molecule has 0 aromatic heterocycles. The van der Waals surface area contributed by atoms with Crippen LogP contribution in [-0.2, 0) is 11.5 Å². The third-order valence-corrected chi connectivity index (χ3v) is 5.35. The first kappa shape index (κ1) is 18.6. The highest BCUT2D eigenvalue weighted by Crippen LogP contribution is 2.22. The second-order valence-corrected chi connectivity index (χ2v) is 7.51. The molecule has 26 heavy (non-hydrogen) atoms. The smallest absolute Gasteiger partial charge is 0.255 e. The Balaban J connectivity index is 1.56. The number of aryl methyl sites for hydroxylation is 1. The van der Waals surface area contributed by atoms with Crippen molar-refractivity contribution in [2.45, 2.75) is 18.4 Å². The van der Waals surface area contributed by atoms with E-state index in [2.05, 4.69) is 29.6 Å². The molecule has 1 amide bonds. The number of rotatable bonds is 6. The lowest BCUT2D eigenvalue weighted by Gasteiger charge is -2.09. The summed E-state index contributed by atoms with van der Waals surface area (Å²) in [6.07, 6.45) is 0.